The first-order chi connectivity index (χ1) is 7.20. The second-order valence-electron chi connectivity index (χ2n) is 4.03. The van der Waals surface area contributed by atoms with E-state index in [9.17, 15) is 0 Å². The molecule has 5 heteroatoms. The van der Waals surface area contributed by atoms with E-state index in [1.165, 1.54) is 6.42 Å². The first-order valence-corrected chi connectivity index (χ1v) is 6.19. The van der Waals surface area contributed by atoms with Gasteiger partial charge in [-0.15, -0.1) is 0 Å². The minimum atomic E-state index is 0.642. The average molecular weight is 226 g/mol. The number of anilines is 2. The summed E-state index contributed by atoms with van der Waals surface area (Å²) in [6.07, 6.45) is 2.94. The van der Waals surface area contributed by atoms with E-state index < -0.39 is 0 Å². The van der Waals surface area contributed by atoms with E-state index in [1.807, 2.05) is 0 Å². The van der Waals surface area contributed by atoms with Crippen LogP contribution in [0.25, 0.3) is 0 Å². The largest absolute Gasteiger partial charge is 0.389 e. The van der Waals surface area contributed by atoms with Gasteiger partial charge in [0.15, 0.2) is 5.13 Å². The number of piperazine rings is 1. The predicted molar refractivity (Wildman–Crippen MR) is 65.4 cm³/mol. The third-order valence-corrected chi connectivity index (χ3v) is 3.92. The van der Waals surface area contributed by atoms with Crippen molar-refractivity contribution in [3.8, 4) is 0 Å². The molecule has 1 fully saturated rings. The van der Waals surface area contributed by atoms with Crippen molar-refractivity contribution in [1.82, 2.24) is 9.88 Å². The fourth-order valence-corrected chi connectivity index (χ4v) is 2.70. The highest BCUT2D eigenvalue weighted by molar-refractivity contribution is 7.19. The first-order valence-electron chi connectivity index (χ1n) is 5.37. The van der Waals surface area contributed by atoms with Crippen molar-refractivity contribution in [2.24, 2.45) is 0 Å². The predicted octanol–water partition coefficient (Wildman–Crippen LogP) is 1.26. The fourth-order valence-electron chi connectivity index (χ4n) is 1.98. The van der Waals surface area contributed by atoms with Crippen LogP contribution < -0.4 is 10.6 Å². The third-order valence-electron chi connectivity index (χ3n) is 3.03. The summed E-state index contributed by atoms with van der Waals surface area (Å²) in [5.74, 6) is 0. The molecule has 2 rings (SSSR count). The van der Waals surface area contributed by atoms with Gasteiger partial charge in [-0.1, -0.05) is 18.3 Å². The van der Waals surface area contributed by atoms with Crippen molar-refractivity contribution in [2.45, 2.75) is 19.4 Å². The Balaban J connectivity index is 2.06. The second-order valence-corrected chi connectivity index (χ2v) is 5.07. The summed E-state index contributed by atoms with van der Waals surface area (Å²) in [6, 6.07) is 0.642. The number of nitrogen functional groups attached to an aromatic ring is 1. The van der Waals surface area contributed by atoms with Crippen LogP contribution in [-0.2, 0) is 0 Å². The Hall–Kier alpha value is -0.810. The summed E-state index contributed by atoms with van der Waals surface area (Å²) in [4.78, 5) is 9.10. The standard InChI is InChI=1S/C10H18N4S/c1-3-8-7-14(5-4-13(8)2)10-12-6-9(11)15-10/h6,8H,3-5,7,11H2,1-2H3. The topological polar surface area (TPSA) is 45.4 Å². The van der Waals surface area contributed by atoms with Crippen molar-refractivity contribution in [3.05, 3.63) is 6.20 Å². The van der Waals surface area contributed by atoms with Gasteiger partial charge in [-0.25, -0.2) is 4.98 Å². The maximum Gasteiger partial charge on any atom is 0.187 e. The van der Waals surface area contributed by atoms with E-state index in [0.29, 0.717) is 6.04 Å². The smallest absolute Gasteiger partial charge is 0.187 e. The lowest BCUT2D eigenvalue weighted by atomic mass is 10.1. The summed E-state index contributed by atoms with van der Waals surface area (Å²) in [5.41, 5.74) is 5.70. The molecular weight excluding hydrogens is 208 g/mol. The van der Waals surface area contributed by atoms with Crippen LogP contribution in [0.1, 0.15) is 13.3 Å². The van der Waals surface area contributed by atoms with Crippen LogP contribution in [0.2, 0.25) is 0 Å². The molecule has 4 nitrogen and oxygen atoms in total. The van der Waals surface area contributed by atoms with E-state index in [-0.39, 0.29) is 0 Å². The van der Waals surface area contributed by atoms with Gasteiger partial charge >= 0.3 is 0 Å². The van der Waals surface area contributed by atoms with Gasteiger partial charge in [0.05, 0.1) is 6.20 Å². The molecule has 1 atom stereocenters. The number of likely N-dealkylation sites (N-methyl/N-ethyl adjacent to an activating group) is 1. The summed E-state index contributed by atoms with van der Waals surface area (Å²) < 4.78 is 0. The average Bonchev–Trinajstić information content (AvgIpc) is 2.66. The van der Waals surface area contributed by atoms with Crippen molar-refractivity contribution in [3.63, 3.8) is 0 Å². The lowest BCUT2D eigenvalue weighted by molar-refractivity contribution is 0.213. The molecule has 0 spiro atoms. The molecular formula is C10H18N4S. The third kappa shape index (κ3) is 2.23. The van der Waals surface area contributed by atoms with E-state index in [1.54, 1.807) is 17.5 Å². The highest BCUT2D eigenvalue weighted by atomic mass is 32.1. The van der Waals surface area contributed by atoms with Crippen LogP contribution >= 0.6 is 11.3 Å². The molecule has 1 unspecified atom stereocenters. The molecule has 1 saturated heterocycles. The van der Waals surface area contributed by atoms with Gasteiger partial charge in [-0.3, -0.25) is 4.90 Å². The molecule has 0 bridgehead atoms. The maximum absolute atomic E-state index is 5.70. The zero-order valence-corrected chi connectivity index (χ0v) is 10.1. The maximum atomic E-state index is 5.70. The number of hydrogen-bond donors (Lipinski definition) is 1. The quantitative estimate of drug-likeness (QED) is 0.824. The summed E-state index contributed by atoms with van der Waals surface area (Å²) in [6.45, 7) is 5.47. The number of aromatic nitrogens is 1. The van der Waals surface area contributed by atoms with Crippen LogP contribution in [0, 0.1) is 0 Å². The van der Waals surface area contributed by atoms with Gasteiger partial charge in [0.2, 0.25) is 0 Å². The molecule has 0 saturated carbocycles. The molecule has 1 aliphatic rings. The molecule has 0 amide bonds. The molecule has 0 aliphatic carbocycles. The number of thiazole rings is 1. The van der Waals surface area contributed by atoms with Crippen LogP contribution in [0.5, 0.6) is 0 Å². The number of nitrogens with zero attached hydrogens (tertiary/aromatic N) is 3. The van der Waals surface area contributed by atoms with Gasteiger partial charge in [0, 0.05) is 25.7 Å². The first kappa shape index (κ1) is 10.7. The lowest BCUT2D eigenvalue weighted by Crippen LogP contribution is -2.51. The lowest BCUT2D eigenvalue weighted by Gasteiger charge is -2.38. The Labute approximate surface area is 94.7 Å². The molecule has 2 heterocycles. The molecule has 15 heavy (non-hydrogen) atoms. The van der Waals surface area contributed by atoms with Crippen LogP contribution in [0.4, 0.5) is 10.1 Å². The molecule has 0 radical (unpaired) electrons. The molecule has 84 valence electrons. The Morgan fingerprint density at radius 3 is 3.00 bits per heavy atom. The Morgan fingerprint density at radius 1 is 1.60 bits per heavy atom. The van der Waals surface area contributed by atoms with E-state index in [4.69, 9.17) is 5.73 Å². The van der Waals surface area contributed by atoms with Crippen molar-refractivity contribution in [1.29, 1.82) is 0 Å². The highest BCUT2D eigenvalue weighted by Gasteiger charge is 2.24. The molecule has 0 aromatic carbocycles. The SMILES string of the molecule is CCC1CN(c2ncc(N)s2)CCN1C. The zero-order valence-electron chi connectivity index (χ0n) is 9.31. The minimum absolute atomic E-state index is 0.642. The van der Waals surface area contributed by atoms with Crippen LogP contribution in [-0.4, -0.2) is 42.6 Å². The number of nitrogens with two attached hydrogens (primary N) is 1. The van der Waals surface area contributed by atoms with Crippen molar-refractivity contribution >= 4 is 21.5 Å². The van der Waals surface area contributed by atoms with Gasteiger partial charge in [0.25, 0.3) is 0 Å². The van der Waals surface area contributed by atoms with E-state index in [0.717, 1.165) is 29.8 Å². The zero-order chi connectivity index (χ0) is 10.8. The molecule has 1 aromatic heterocycles. The Bertz CT molecular complexity index is 325. The summed E-state index contributed by atoms with van der Waals surface area (Å²) in [5, 5.41) is 1.87. The Morgan fingerprint density at radius 2 is 2.40 bits per heavy atom. The van der Waals surface area contributed by atoms with Crippen molar-refractivity contribution in [2.75, 3.05) is 37.3 Å². The van der Waals surface area contributed by atoms with Crippen molar-refractivity contribution < 1.29 is 0 Å². The van der Waals surface area contributed by atoms with Crippen LogP contribution in [0.15, 0.2) is 6.20 Å². The highest BCUT2D eigenvalue weighted by Crippen LogP contribution is 2.26. The molecule has 2 N–H and O–H groups in total. The summed E-state index contributed by atoms with van der Waals surface area (Å²) in [7, 11) is 2.20. The number of hydrogen-bond acceptors (Lipinski definition) is 5. The Kier molecular flexibility index (Phi) is 3.11. The minimum Gasteiger partial charge on any atom is -0.389 e. The van der Waals surface area contributed by atoms with Crippen LogP contribution in [0.3, 0.4) is 0 Å². The van der Waals surface area contributed by atoms with Gasteiger partial charge < -0.3 is 10.6 Å². The second kappa shape index (κ2) is 4.37. The van der Waals surface area contributed by atoms with E-state index >= 15 is 0 Å². The normalized spacial score (nSPS) is 23.3. The van der Waals surface area contributed by atoms with Gasteiger partial charge in [-0.05, 0) is 13.5 Å². The van der Waals surface area contributed by atoms with Gasteiger partial charge in [0.1, 0.15) is 5.00 Å². The summed E-state index contributed by atoms with van der Waals surface area (Å²) >= 11 is 1.58. The van der Waals surface area contributed by atoms with E-state index in [2.05, 4.69) is 28.8 Å². The monoisotopic (exact) mass is 226 g/mol. The van der Waals surface area contributed by atoms with Gasteiger partial charge in [-0.2, -0.15) is 0 Å². The molecule has 1 aliphatic heterocycles. The molecule has 1 aromatic rings. The fraction of sp³-hybridized carbons (Fsp3) is 0.700. The number of rotatable bonds is 2.